The van der Waals surface area contributed by atoms with Crippen molar-refractivity contribution in [3.05, 3.63) is 0 Å². The van der Waals surface area contributed by atoms with E-state index in [1.165, 1.54) is 4.90 Å². The van der Waals surface area contributed by atoms with E-state index in [9.17, 15) is 4.79 Å². The molecule has 0 spiro atoms. The van der Waals surface area contributed by atoms with Crippen molar-refractivity contribution in [2.24, 2.45) is 0 Å². The van der Waals surface area contributed by atoms with Gasteiger partial charge in [0.1, 0.15) is 6.23 Å². The molecule has 0 aliphatic rings. The van der Waals surface area contributed by atoms with E-state index in [1.54, 1.807) is 20.9 Å². The molecule has 0 aromatic rings. The van der Waals surface area contributed by atoms with Gasteiger partial charge in [-0.25, -0.2) is 4.79 Å². The first-order chi connectivity index (χ1) is 5.63. The Morgan fingerprint density at radius 1 is 1.42 bits per heavy atom. The normalized spacial score (nSPS) is 12.3. The number of ether oxygens (including phenoxy) is 2. The fraction of sp³-hybridized carbons (Fsp3) is 0.875. The highest BCUT2D eigenvalue weighted by molar-refractivity contribution is 5.67. The molecule has 0 fully saturated rings. The molecule has 0 N–H and O–H groups in total. The van der Waals surface area contributed by atoms with Crippen LogP contribution in [0.5, 0.6) is 0 Å². The van der Waals surface area contributed by atoms with Gasteiger partial charge in [0.25, 0.3) is 0 Å². The minimum Gasteiger partial charge on any atom is -0.450 e. The summed E-state index contributed by atoms with van der Waals surface area (Å²) in [7, 11) is 1.65. The molecule has 1 atom stereocenters. The van der Waals surface area contributed by atoms with Crippen LogP contribution in [0.4, 0.5) is 4.79 Å². The van der Waals surface area contributed by atoms with E-state index in [-0.39, 0.29) is 12.3 Å². The van der Waals surface area contributed by atoms with Gasteiger partial charge in [-0.05, 0) is 20.8 Å². The van der Waals surface area contributed by atoms with Crippen LogP contribution in [0.1, 0.15) is 20.8 Å². The van der Waals surface area contributed by atoms with Gasteiger partial charge in [-0.2, -0.15) is 0 Å². The zero-order valence-corrected chi connectivity index (χ0v) is 8.16. The molecule has 0 aliphatic heterocycles. The molecule has 1 unspecified atom stereocenters. The molecule has 0 saturated heterocycles. The van der Waals surface area contributed by atoms with Gasteiger partial charge in [0.05, 0.1) is 6.61 Å². The summed E-state index contributed by atoms with van der Waals surface area (Å²) in [5, 5.41) is 0. The number of rotatable bonds is 4. The Morgan fingerprint density at radius 2 is 2.00 bits per heavy atom. The number of hydrogen-bond acceptors (Lipinski definition) is 3. The maximum absolute atomic E-state index is 11.1. The van der Waals surface area contributed by atoms with Gasteiger partial charge in [0, 0.05) is 13.7 Å². The number of carbonyl (C=O) groups is 1. The van der Waals surface area contributed by atoms with Crippen LogP contribution in [0, 0.1) is 0 Å². The molecule has 0 aromatic heterocycles. The number of amides is 1. The Morgan fingerprint density at radius 3 is 2.42 bits per heavy atom. The lowest BCUT2D eigenvalue weighted by molar-refractivity contribution is -0.0257. The second kappa shape index (κ2) is 5.83. The summed E-state index contributed by atoms with van der Waals surface area (Å²) < 4.78 is 9.97. The molecule has 0 bridgehead atoms. The van der Waals surface area contributed by atoms with Crippen LogP contribution < -0.4 is 0 Å². The lowest BCUT2D eigenvalue weighted by Gasteiger charge is -2.23. The first kappa shape index (κ1) is 11.2. The number of hydrogen-bond donors (Lipinski definition) is 0. The van der Waals surface area contributed by atoms with Crippen molar-refractivity contribution in [3.63, 3.8) is 0 Å². The van der Waals surface area contributed by atoms with Crippen LogP contribution in [-0.2, 0) is 9.47 Å². The number of nitrogens with zero attached hydrogens (tertiary/aromatic N) is 1. The van der Waals surface area contributed by atoms with Crippen LogP contribution in [0.25, 0.3) is 0 Å². The maximum atomic E-state index is 11.1. The molecule has 0 aliphatic carbocycles. The van der Waals surface area contributed by atoms with Crippen LogP contribution in [0.15, 0.2) is 0 Å². The lowest BCUT2D eigenvalue weighted by atomic mass is 10.6. The van der Waals surface area contributed by atoms with Crippen molar-refractivity contribution in [3.8, 4) is 0 Å². The Labute approximate surface area is 73.4 Å². The molecular formula is C8H17NO3. The van der Waals surface area contributed by atoms with Crippen LogP contribution in [0.3, 0.4) is 0 Å². The fourth-order valence-corrected chi connectivity index (χ4v) is 0.727. The second-order valence-electron chi connectivity index (χ2n) is 2.36. The summed E-state index contributed by atoms with van der Waals surface area (Å²) in [6.07, 6.45) is -0.576. The third kappa shape index (κ3) is 3.57. The fourth-order valence-electron chi connectivity index (χ4n) is 0.727. The minimum absolute atomic E-state index is 0.228. The van der Waals surface area contributed by atoms with Gasteiger partial charge < -0.3 is 9.47 Å². The number of carbonyl (C=O) groups excluding carboxylic acids is 1. The highest BCUT2D eigenvalue weighted by atomic mass is 16.6. The van der Waals surface area contributed by atoms with Crippen molar-refractivity contribution in [2.75, 3.05) is 20.3 Å². The average molecular weight is 175 g/mol. The molecule has 72 valence electrons. The van der Waals surface area contributed by atoms with Gasteiger partial charge >= 0.3 is 6.09 Å². The molecule has 0 rings (SSSR count). The minimum atomic E-state index is -0.349. The smallest absolute Gasteiger partial charge is 0.411 e. The molecule has 4 heteroatoms. The van der Waals surface area contributed by atoms with Crippen LogP contribution in [-0.4, -0.2) is 37.5 Å². The molecule has 0 heterocycles. The van der Waals surface area contributed by atoms with Crippen molar-refractivity contribution < 1.29 is 14.3 Å². The molecule has 12 heavy (non-hydrogen) atoms. The summed E-state index contributed by atoms with van der Waals surface area (Å²) in [6.45, 7) is 6.44. The zero-order chi connectivity index (χ0) is 9.56. The quantitative estimate of drug-likeness (QED) is 0.607. The molecular weight excluding hydrogens is 158 g/mol. The molecule has 4 nitrogen and oxygen atoms in total. The first-order valence-electron chi connectivity index (χ1n) is 4.14. The SMILES string of the molecule is CCOC(=O)N(C)C(C)OCC. The van der Waals surface area contributed by atoms with Crippen molar-refractivity contribution in [2.45, 2.75) is 27.0 Å². The Kier molecular flexibility index (Phi) is 5.45. The predicted molar refractivity (Wildman–Crippen MR) is 45.9 cm³/mol. The van der Waals surface area contributed by atoms with Crippen molar-refractivity contribution in [1.29, 1.82) is 0 Å². The third-order valence-corrected chi connectivity index (χ3v) is 1.51. The van der Waals surface area contributed by atoms with Crippen molar-refractivity contribution >= 4 is 6.09 Å². The largest absolute Gasteiger partial charge is 0.450 e. The summed E-state index contributed by atoms with van der Waals surface area (Å²) in [5.41, 5.74) is 0. The van der Waals surface area contributed by atoms with E-state index >= 15 is 0 Å². The van der Waals surface area contributed by atoms with Gasteiger partial charge in [-0.3, -0.25) is 4.90 Å². The highest BCUT2D eigenvalue weighted by Crippen LogP contribution is 1.99. The standard InChI is InChI=1S/C8H17NO3/c1-5-11-7(3)9(4)8(10)12-6-2/h7H,5-6H2,1-4H3. The Balaban J connectivity index is 3.82. The summed E-state index contributed by atoms with van der Waals surface area (Å²) in [5.74, 6) is 0. The zero-order valence-electron chi connectivity index (χ0n) is 8.16. The summed E-state index contributed by atoms with van der Waals surface area (Å²) in [6, 6.07) is 0. The second-order valence-corrected chi connectivity index (χ2v) is 2.36. The third-order valence-electron chi connectivity index (χ3n) is 1.51. The van der Waals surface area contributed by atoms with E-state index in [4.69, 9.17) is 9.47 Å². The Bertz CT molecular complexity index is 138. The Hall–Kier alpha value is -0.770. The average Bonchev–Trinajstić information content (AvgIpc) is 2.04. The molecule has 0 saturated carbocycles. The maximum Gasteiger partial charge on any atom is 0.411 e. The lowest BCUT2D eigenvalue weighted by Crippen LogP contribution is -2.37. The van der Waals surface area contributed by atoms with Crippen LogP contribution in [0.2, 0.25) is 0 Å². The predicted octanol–water partition coefficient (Wildman–Crippen LogP) is 1.46. The van der Waals surface area contributed by atoms with Gasteiger partial charge in [-0.1, -0.05) is 0 Å². The molecule has 1 amide bonds. The molecule has 0 radical (unpaired) electrons. The summed E-state index contributed by atoms with van der Waals surface area (Å²) in [4.78, 5) is 12.5. The van der Waals surface area contributed by atoms with E-state index in [2.05, 4.69) is 0 Å². The molecule has 0 aromatic carbocycles. The monoisotopic (exact) mass is 175 g/mol. The summed E-state index contributed by atoms with van der Waals surface area (Å²) >= 11 is 0. The topological polar surface area (TPSA) is 38.8 Å². The first-order valence-corrected chi connectivity index (χ1v) is 4.14. The van der Waals surface area contributed by atoms with Crippen LogP contribution >= 0.6 is 0 Å². The van der Waals surface area contributed by atoms with E-state index in [0.29, 0.717) is 13.2 Å². The van der Waals surface area contributed by atoms with Gasteiger partial charge in [0.15, 0.2) is 0 Å². The van der Waals surface area contributed by atoms with E-state index in [1.807, 2.05) is 6.92 Å². The highest BCUT2D eigenvalue weighted by Gasteiger charge is 2.15. The van der Waals surface area contributed by atoms with Crippen molar-refractivity contribution in [1.82, 2.24) is 4.90 Å². The van der Waals surface area contributed by atoms with Gasteiger partial charge in [-0.15, -0.1) is 0 Å². The van der Waals surface area contributed by atoms with E-state index in [0.717, 1.165) is 0 Å². The van der Waals surface area contributed by atoms with E-state index < -0.39 is 0 Å². The van der Waals surface area contributed by atoms with Gasteiger partial charge in [0.2, 0.25) is 0 Å².